The minimum absolute atomic E-state index is 0. The average Bonchev–Trinajstić information content (AvgIpc) is 2.70. The Labute approximate surface area is 183 Å². The molecule has 0 saturated carbocycles. The van der Waals surface area contributed by atoms with Crippen LogP contribution in [0, 0.1) is 0 Å². The van der Waals surface area contributed by atoms with Crippen LogP contribution in [0.4, 0.5) is 0 Å². The first kappa shape index (κ1) is 23.5. The Bertz CT molecular complexity index is 778. The number of amides is 1. The van der Waals surface area contributed by atoms with Crippen LogP contribution < -0.4 is 10.1 Å². The molecule has 5 nitrogen and oxygen atoms in total. The predicted octanol–water partition coefficient (Wildman–Crippen LogP) is 4.35. The van der Waals surface area contributed by atoms with Gasteiger partial charge in [0.1, 0.15) is 5.75 Å². The normalized spacial score (nSPS) is 15.4. The van der Waals surface area contributed by atoms with E-state index in [1.807, 2.05) is 50.2 Å². The molecule has 7 heteroatoms. The third-order valence-corrected chi connectivity index (χ3v) is 5.04. The highest BCUT2D eigenvalue weighted by Crippen LogP contribution is 2.28. The highest BCUT2D eigenvalue weighted by atomic mass is 35.5. The maximum Gasteiger partial charge on any atom is 0.251 e. The summed E-state index contributed by atoms with van der Waals surface area (Å²) in [4.78, 5) is 15.0. The van der Waals surface area contributed by atoms with E-state index in [1.54, 1.807) is 12.1 Å². The van der Waals surface area contributed by atoms with Crippen molar-refractivity contribution < 1.29 is 14.3 Å². The van der Waals surface area contributed by atoms with Gasteiger partial charge in [0.05, 0.1) is 25.4 Å². The van der Waals surface area contributed by atoms with Crippen molar-refractivity contribution in [2.45, 2.75) is 26.0 Å². The number of carbonyl (C=O) groups is 1. The molecule has 3 rings (SSSR count). The maximum atomic E-state index is 12.7. The Morgan fingerprint density at radius 2 is 1.79 bits per heavy atom. The molecule has 1 aliphatic rings. The summed E-state index contributed by atoms with van der Waals surface area (Å²) in [5.41, 5.74) is 1.63. The Kier molecular flexibility index (Phi) is 9.24. The highest BCUT2D eigenvalue weighted by molar-refractivity contribution is 6.31. The smallest absolute Gasteiger partial charge is 0.251 e. The third kappa shape index (κ3) is 6.61. The number of nitrogens with one attached hydrogen (secondary N) is 1. The van der Waals surface area contributed by atoms with Gasteiger partial charge in [-0.2, -0.15) is 0 Å². The van der Waals surface area contributed by atoms with E-state index >= 15 is 0 Å². The summed E-state index contributed by atoms with van der Waals surface area (Å²) < 4.78 is 11.1. The van der Waals surface area contributed by atoms with E-state index in [-0.39, 0.29) is 30.5 Å². The molecular formula is C22H28Cl2N2O3. The molecule has 1 N–H and O–H groups in total. The maximum absolute atomic E-state index is 12.7. The highest BCUT2D eigenvalue weighted by Gasteiger charge is 2.25. The van der Waals surface area contributed by atoms with Crippen molar-refractivity contribution in [3.05, 3.63) is 64.7 Å². The number of rotatable bonds is 7. The minimum Gasteiger partial charge on any atom is -0.491 e. The summed E-state index contributed by atoms with van der Waals surface area (Å²) in [6.07, 6.45) is 0.101. The van der Waals surface area contributed by atoms with Crippen LogP contribution in [-0.4, -0.2) is 49.8 Å². The van der Waals surface area contributed by atoms with Gasteiger partial charge < -0.3 is 14.8 Å². The molecule has 158 valence electrons. The number of hydrogen-bond donors (Lipinski definition) is 1. The van der Waals surface area contributed by atoms with Crippen LogP contribution in [-0.2, 0) is 4.74 Å². The summed E-state index contributed by atoms with van der Waals surface area (Å²) in [5.74, 6) is 0.648. The Hall–Kier alpha value is -1.79. The average molecular weight is 439 g/mol. The molecule has 1 atom stereocenters. The summed E-state index contributed by atoms with van der Waals surface area (Å²) in [7, 11) is 0. The van der Waals surface area contributed by atoms with Gasteiger partial charge in [-0.25, -0.2) is 0 Å². The summed E-state index contributed by atoms with van der Waals surface area (Å²) in [6.45, 7) is 7.42. The molecule has 0 radical (unpaired) electrons. The lowest BCUT2D eigenvalue weighted by Crippen LogP contribution is -2.44. The molecule has 1 unspecified atom stereocenters. The van der Waals surface area contributed by atoms with Crippen molar-refractivity contribution in [1.82, 2.24) is 10.2 Å². The fourth-order valence-corrected chi connectivity index (χ4v) is 3.58. The van der Waals surface area contributed by atoms with Crippen molar-refractivity contribution in [3.63, 3.8) is 0 Å². The van der Waals surface area contributed by atoms with Crippen LogP contribution in [0.1, 0.15) is 35.8 Å². The van der Waals surface area contributed by atoms with Crippen molar-refractivity contribution in [2.24, 2.45) is 0 Å². The number of benzene rings is 2. The van der Waals surface area contributed by atoms with Crippen molar-refractivity contribution >= 4 is 29.9 Å². The summed E-state index contributed by atoms with van der Waals surface area (Å²) in [5, 5.41) is 3.77. The van der Waals surface area contributed by atoms with Crippen LogP contribution in [0.5, 0.6) is 5.75 Å². The van der Waals surface area contributed by atoms with Gasteiger partial charge in [0, 0.05) is 30.2 Å². The van der Waals surface area contributed by atoms with Gasteiger partial charge in [-0.15, -0.1) is 12.4 Å². The van der Waals surface area contributed by atoms with E-state index in [1.165, 1.54) is 0 Å². The Balaban J connectivity index is 0.00000300. The van der Waals surface area contributed by atoms with E-state index in [4.69, 9.17) is 21.1 Å². The van der Waals surface area contributed by atoms with Gasteiger partial charge in [0.25, 0.3) is 5.91 Å². The van der Waals surface area contributed by atoms with E-state index in [0.717, 1.165) is 24.4 Å². The predicted molar refractivity (Wildman–Crippen MR) is 118 cm³/mol. The molecule has 1 heterocycles. The number of hydrogen-bond acceptors (Lipinski definition) is 4. The zero-order valence-corrected chi connectivity index (χ0v) is 18.3. The number of carbonyl (C=O) groups excluding carboxylic acids is 1. The number of halogens is 2. The second kappa shape index (κ2) is 11.4. The fraction of sp³-hybridized carbons (Fsp3) is 0.409. The molecule has 2 aromatic rings. The van der Waals surface area contributed by atoms with E-state index in [2.05, 4.69) is 10.2 Å². The van der Waals surface area contributed by atoms with Crippen LogP contribution in [0.15, 0.2) is 48.5 Å². The second-order valence-corrected chi connectivity index (χ2v) is 7.49. The van der Waals surface area contributed by atoms with Crippen LogP contribution >= 0.6 is 24.0 Å². The first-order chi connectivity index (χ1) is 13.5. The monoisotopic (exact) mass is 438 g/mol. The van der Waals surface area contributed by atoms with Gasteiger partial charge in [-0.1, -0.05) is 29.8 Å². The zero-order valence-electron chi connectivity index (χ0n) is 16.8. The van der Waals surface area contributed by atoms with Crippen LogP contribution in [0.25, 0.3) is 0 Å². The molecule has 0 spiro atoms. The molecule has 0 bridgehead atoms. The minimum atomic E-state index is -0.110. The summed E-state index contributed by atoms with van der Waals surface area (Å²) in [6, 6.07) is 15.0. The number of ether oxygens (including phenoxy) is 2. The largest absolute Gasteiger partial charge is 0.491 e. The number of nitrogens with zero attached hydrogens (tertiary/aromatic N) is 1. The van der Waals surface area contributed by atoms with E-state index < -0.39 is 0 Å². The van der Waals surface area contributed by atoms with Crippen molar-refractivity contribution in [2.75, 3.05) is 32.8 Å². The lowest BCUT2D eigenvalue weighted by Gasteiger charge is -2.35. The Morgan fingerprint density at radius 3 is 2.41 bits per heavy atom. The van der Waals surface area contributed by atoms with Crippen LogP contribution in [0.3, 0.4) is 0 Å². The standard InChI is InChI=1S/C22H27ClN2O3.ClH/c1-16(2)28-18-9-7-17(8-10-18)22(26)24-15-21(25-11-13-27-14-12-25)19-5-3-4-6-20(19)23;/h3-10,16,21H,11-15H2,1-2H3,(H,24,26);1H. The molecule has 1 saturated heterocycles. The lowest BCUT2D eigenvalue weighted by molar-refractivity contribution is 0.0162. The zero-order chi connectivity index (χ0) is 19.9. The molecule has 2 aromatic carbocycles. The van der Waals surface area contributed by atoms with Crippen molar-refractivity contribution in [1.29, 1.82) is 0 Å². The lowest BCUT2D eigenvalue weighted by atomic mass is 10.0. The molecule has 29 heavy (non-hydrogen) atoms. The summed E-state index contributed by atoms with van der Waals surface area (Å²) >= 11 is 6.44. The first-order valence-corrected chi connectivity index (χ1v) is 10.0. The van der Waals surface area contributed by atoms with Crippen LogP contribution in [0.2, 0.25) is 5.02 Å². The molecule has 1 fully saturated rings. The molecule has 0 aliphatic carbocycles. The molecule has 0 aromatic heterocycles. The van der Waals surface area contributed by atoms with Gasteiger partial charge in [-0.3, -0.25) is 9.69 Å². The van der Waals surface area contributed by atoms with Gasteiger partial charge >= 0.3 is 0 Å². The van der Waals surface area contributed by atoms with Gasteiger partial charge in [0.2, 0.25) is 0 Å². The molecule has 1 amide bonds. The SMILES string of the molecule is CC(C)Oc1ccc(C(=O)NCC(c2ccccc2Cl)N2CCOCC2)cc1.Cl. The van der Waals surface area contributed by atoms with E-state index in [0.29, 0.717) is 30.3 Å². The van der Waals surface area contributed by atoms with Crippen molar-refractivity contribution in [3.8, 4) is 5.75 Å². The first-order valence-electron chi connectivity index (χ1n) is 9.65. The van der Waals surface area contributed by atoms with Gasteiger partial charge in [0.15, 0.2) is 0 Å². The molecular weight excluding hydrogens is 411 g/mol. The topological polar surface area (TPSA) is 50.8 Å². The van der Waals surface area contributed by atoms with Gasteiger partial charge in [-0.05, 0) is 49.7 Å². The number of morpholine rings is 1. The Morgan fingerprint density at radius 1 is 1.14 bits per heavy atom. The third-order valence-electron chi connectivity index (χ3n) is 4.69. The molecule has 1 aliphatic heterocycles. The van der Waals surface area contributed by atoms with E-state index in [9.17, 15) is 4.79 Å². The fourth-order valence-electron chi connectivity index (χ4n) is 3.32. The second-order valence-electron chi connectivity index (χ2n) is 7.09. The quantitative estimate of drug-likeness (QED) is 0.697.